The highest BCUT2D eigenvalue weighted by molar-refractivity contribution is 7.11. The second-order valence-electron chi connectivity index (χ2n) is 4.77. The lowest BCUT2D eigenvalue weighted by Gasteiger charge is -2.35. The van der Waals surface area contributed by atoms with Gasteiger partial charge in [0.1, 0.15) is 5.69 Å². The third-order valence-corrected chi connectivity index (χ3v) is 4.27. The first-order valence-corrected chi connectivity index (χ1v) is 6.84. The van der Waals surface area contributed by atoms with E-state index >= 15 is 0 Å². The molecular weight excluding hydrogens is 268 g/mol. The van der Waals surface area contributed by atoms with Crippen LogP contribution in [-0.2, 0) is 4.79 Å². The van der Waals surface area contributed by atoms with Crippen LogP contribution >= 0.6 is 11.3 Å². The second kappa shape index (κ2) is 4.90. The molecule has 2 heterocycles. The maximum absolute atomic E-state index is 12.3. The average molecular weight is 284 g/mol. The predicted molar refractivity (Wildman–Crippen MR) is 69.3 cm³/mol. The van der Waals surface area contributed by atoms with Crippen LogP contribution in [0.4, 0.5) is 0 Å². The number of carbonyl (C=O) groups excluding carboxylic acids is 1. The van der Waals surface area contributed by atoms with Gasteiger partial charge >= 0.3 is 5.97 Å². The number of hydrogen-bond donors (Lipinski definition) is 2. The van der Waals surface area contributed by atoms with Gasteiger partial charge in [-0.1, -0.05) is 0 Å². The lowest BCUT2D eigenvalue weighted by Crippen LogP contribution is -2.51. The fourth-order valence-electron chi connectivity index (χ4n) is 2.17. The Morgan fingerprint density at radius 2 is 1.89 bits per heavy atom. The van der Waals surface area contributed by atoms with E-state index in [0.717, 1.165) is 9.88 Å². The summed E-state index contributed by atoms with van der Waals surface area (Å²) in [5.74, 6) is -1.41. The Bertz CT molecular complexity index is 518. The summed E-state index contributed by atoms with van der Waals surface area (Å²) in [5.41, 5.74) is -1.27. The molecule has 1 saturated heterocycles. The van der Waals surface area contributed by atoms with Crippen LogP contribution in [0.2, 0.25) is 0 Å². The molecule has 0 bridgehead atoms. The minimum Gasteiger partial charge on any atom is -0.479 e. The largest absolute Gasteiger partial charge is 0.479 e. The molecule has 0 aromatic carbocycles. The number of thiazole rings is 1. The van der Waals surface area contributed by atoms with E-state index in [9.17, 15) is 14.7 Å². The van der Waals surface area contributed by atoms with Crippen LogP contribution < -0.4 is 0 Å². The lowest BCUT2D eigenvalue weighted by atomic mass is 9.91. The van der Waals surface area contributed by atoms with Gasteiger partial charge < -0.3 is 15.1 Å². The van der Waals surface area contributed by atoms with Crippen molar-refractivity contribution in [1.29, 1.82) is 0 Å². The summed E-state index contributed by atoms with van der Waals surface area (Å²) >= 11 is 1.46. The number of aliphatic carboxylic acids is 1. The van der Waals surface area contributed by atoms with Gasteiger partial charge in [0.2, 0.25) is 0 Å². The van der Waals surface area contributed by atoms with Gasteiger partial charge in [-0.15, -0.1) is 11.3 Å². The standard InChI is InChI=1S/C12H16N2O4S/c1-7-9(13-8(2)19-7)10(15)14-5-3-12(18,4-6-14)11(16)17/h18H,3-6H2,1-2H3,(H,16,17). The molecule has 0 unspecified atom stereocenters. The van der Waals surface area contributed by atoms with Gasteiger partial charge in [-0.05, 0) is 13.8 Å². The Hall–Kier alpha value is -1.47. The van der Waals surface area contributed by atoms with Crippen molar-refractivity contribution in [2.45, 2.75) is 32.3 Å². The van der Waals surface area contributed by atoms with Crippen molar-refractivity contribution >= 4 is 23.2 Å². The number of rotatable bonds is 2. The van der Waals surface area contributed by atoms with Gasteiger partial charge in [0, 0.05) is 30.8 Å². The van der Waals surface area contributed by atoms with Crippen molar-refractivity contribution in [3.05, 3.63) is 15.6 Å². The van der Waals surface area contributed by atoms with Crippen molar-refractivity contribution in [2.24, 2.45) is 0 Å². The van der Waals surface area contributed by atoms with E-state index in [1.54, 1.807) is 4.90 Å². The maximum atomic E-state index is 12.3. The smallest absolute Gasteiger partial charge is 0.335 e. The molecule has 0 atom stereocenters. The quantitative estimate of drug-likeness (QED) is 0.838. The van der Waals surface area contributed by atoms with E-state index in [1.165, 1.54) is 11.3 Å². The minimum absolute atomic E-state index is 0.0518. The van der Waals surface area contributed by atoms with E-state index < -0.39 is 11.6 Å². The fraction of sp³-hybridized carbons (Fsp3) is 0.583. The van der Waals surface area contributed by atoms with Crippen molar-refractivity contribution in [2.75, 3.05) is 13.1 Å². The number of piperidine rings is 1. The molecule has 2 N–H and O–H groups in total. The summed E-state index contributed by atoms with van der Waals surface area (Å²) < 4.78 is 0. The van der Waals surface area contributed by atoms with Gasteiger partial charge in [0.25, 0.3) is 5.91 Å². The second-order valence-corrected chi connectivity index (χ2v) is 6.17. The number of hydrogen-bond acceptors (Lipinski definition) is 5. The highest BCUT2D eigenvalue weighted by atomic mass is 32.1. The zero-order chi connectivity index (χ0) is 14.2. The summed E-state index contributed by atoms with van der Waals surface area (Å²) in [4.78, 5) is 29.8. The summed E-state index contributed by atoms with van der Waals surface area (Å²) in [6.45, 7) is 4.15. The third kappa shape index (κ3) is 2.62. The number of carboxylic acid groups (broad SMARTS) is 1. The summed E-state index contributed by atoms with van der Waals surface area (Å²) in [6.07, 6.45) is 0.104. The normalized spacial score (nSPS) is 18.4. The molecule has 1 aliphatic heterocycles. The highest BCUT2D eigenvalue weighted by Crippen LogP contribution is 2.25. The zero-order valence-corrected chi connectivity index (χ0v) is 11.7. The Kier molecular flexibility index (Phi) is 3.60. The molecule has 6 nitrogen and oxygen atoms in total. The minimum atomic E-state index is -1.70. The monoisotopic (exact) mass is 284 g/mol. The van der Waals surface area contributed by atoms with Crippen molar-refractivity contribution in [3.8, 4) is 0 Å². The van der Waals surface area contributed by atoms with Gasteiger partial charge in [-0.25, -0.2) is 9.78 Å². The van der Waals surface area contributed by atoms with Crippen LogP contribution in [0.1, 0.15) is 33.2 Å². The van der Waals surface area contributed by atoms with Gasteiger partial charge in [-0.2, -0.15) is 0 Å². The number of likely N-dealkylation sites (tertiary alicyclic amines) is 1. The first kappa shape index (κ1) is 14.0. The highest BCUT2D eigenvalue weighted by Gasteiger charge is 2.40. The van der Waals surface area contributed by atoms with Crippen LogP contribution in [-0.4, -0.2) is 50.7 Å². The molecule has 0 spiro atoms. The van der Waals surface area contributed by atoms with Crippen LogP contribution in [0, 0.1) is 13.8 Å². The number of aliphatic hydroxyl groups is 1. The van der Waals surface area contributed by atoms with Crippen LogP contribution in [0.15, 0.2) is 0 Å². The molecule has 1 amide bonds. The van der Waals surface area contributed by atoms with Crippen LogP contribution in [0.25, 0.3) is 0 Å². The Morgan fingerprint density at radius 3 is 2.32 bits per heavy atom. The van der Waals surface area contributed by atoms with Crippen molar-refractivity contribution < 1.29 is 19.8 Å². The van der Waals surface area contributed by atoms with Crippen molar-refractivity contribution in [1.82, 2.24) is 9.88 Å². The number of aromatic nitrogens is 1. The molecular formula is C12H16N2O4S. The molecule has 1 aromatic rings. The fourth-order valence-corrected chi connectivity index (χ4v) is 2.98. The van der Waals surface area contributed by atoms with E-state index in [-0.39, 0.29) is 31.8 Å². The average Bonchev–Trinajstić information content (AvgIpc) is 2.68. The molecule has 1 aromatic heterocycles. The molecule has 0 aliphatic carbocycles. The predicted octanol–water partition coefficient (Wildman–Crippen LogP) is 0.812. The molecule has 19 heavy (non-hydrogen) atoms. The van der Waals surface area contributed by atoms with Crippen molar-refractivity contribution in [3.63, 3.8) is 0 Å². The molecule has 0 saturated carbocycles. The van der Waals surface area contributed by atoms with E-state index in [4.69, 9.17) is 5.11 Å². The number of nitrogens with zero attached hydrogens (tertiary/aromatic N) is 2. The first-order chi connectivity index (χ1) is 8.83. The van der Waals surface area contributed by atoms with Crippen LogP contribution in [0.5, 0.6) is 0 Å². The molecule has 1 fully saturated rings. The molecule has 0 radical (unpaired) electrons. The topological polar surface area (TPSA) is 90.7 Å². The van der Waals surface area contributed by atoms with Gasteiger partial charge in [0.15, 0.2) is 5.60 Å². The SMILES string of the molecule is Cc1nc(C(=O)N2CCC(O)(C(=O)O)CC2)c(C)s1. The van der Waals surface area contributed by atoms with Crippen LogP contribution in [0.3, 0.4) is 0 Å². The third-order valence-electron chi connectivity index (χ3n) is 3.38. The Labute approximate surface area is 114 Å². The zero-order valence-electron chi connectivity index (χ0n) is 10.8. The number of amides is 1. The van der Waals surface area contributed by atoms with E-state index in [1.807, 2.05) is 13.8 Å². The maximum Gasteiger partial charge on any atom is 0.335 e. The van der Waals surface area contributed by atoms with E-state index in [2.05, 4.69) is 4.98 Å². The Balaban J connectivity index is 2.08. The van der Waals surface area contributed by atoms with Gasteiger partial charge in [0.05, 0.1) is 5.01 Å². The molecule has 2 rings (SSSR count). The van der Waals surface area contributed by atoms with E-state index in [0.29, 0.717) is 5.69 Å². The summed E-state index contributed by atoms with van der Waals surface area (Å²) in [5, 5.41) is 19.6. The first-order valence-electron chi connectivity index (χ1n) is 6.02. The van der Waals surface area contributed by atoms with Gasteiger partial charge in [-0.3, -0.25) is 4.79 Å². The number of carboxylic acids is 1. The molecule has 104 valence electrons. The Morgan fingerprint density at radius 1 is 1.32 bits per heavy atom. The molecule has 7 heteroatoms. The summed E-state index contributed by atoms with van der Waals surface area (Å²) in [7, 11) is 0. The number of carbonyl (C=O) groups is 2. The lowest BCUT2D eigenvalue weighted by molar-refractivity contribution is -0.162. The molecule has 1 aliphatic rings. The summed E-state index contributed by atoms with van der Waals surface area (Å²) in [6, 6.07) is 0. The number of aryl methyl sites for hydroxylation is 2.